The highest BCUT2D eigenvalue weighted by atomic mass is 32.1. The Kier molecular flexibility index (Phi) is 9.34. The molecule has 2 aliphatic rings. The normalized spacial score (nSPS) is 17.9. The Morgan fingerprint density at radius 2 is 1.89 bits per heavy atom. The summed E-state index contributed by atoms with van der Waals surface area (Å²) < 4.78 is 10.8. The molecule has 1 atom stereocenters. The van der Waals surface area contributed by atoms with Crippen LogP contribution in [-0.2, 0) is 19.1 Å². The lowest BCUT2D eigenvalue weighted by Crippen LogP contribution is -2.57. The van der Waals surface area contributed by atoms with Crippen molar-refractivity contribution in [3.63, 3.8) is 0 Å². The van der Waals surface area contributed by atoms with E-state index in [4.69, 9.17) is 9.47 Å². The van der Waals surface area contributed by atoms with Crippen molar-refractivity contribution in [3.8, 4) is 11.8 Å². The van der Waals surface area contributed by atoms with Crippen molar-refractivity contribution in [1.29, 1.82) is 0 Å². The molecule has 2 amide bonds. The van der Waals surface area contributed by atoms with Gasteiger partial charge in [0.25, 0.3) is 0 Å². The van der Waals surface area contributed by atoms with Crippen LogP contribution in [0.5, 0.6) is 0 Å². The Labute approximate surface area is 211 Å². The molecule has 1 saturated carbocycles. The third-order valence-electron chi connectivity index (χ3n) is 6.16. The molecule has 0 aromatic carbocycles. The molecule has 2 heterocycles. The molecule has 1 aromatic heterocycles. The summed E-state index contributed by atoms with van der Waals surface area (Å²) in [7, 11) is 1.48. The molecular weight excluding hydrogens is 468 g/mol. The number of carbonyl (C=O) groups excluding carboxylic acids is 2. The maximum Gasteiger partial charge on any atom is 0.348 e. The van der Waals surface area contributed by atoms with Crippen LogP contribution in [0.25, 0.3) is 0 Å². The molecule has 192 valence electrons. The zero-order valence-electron chi connectivity index (χ0n) is 21.1. The van der Waals surface area contributed by atoms with Crippen molar-refractivity contribution in [1.82, 2.24) is 4.90 Å². The predicted octanol–water partition coefficient (Wildman–Crippen LogP) is 3.63. The monoisotopic (exact) mass is 504 g/mol. The summed E-state index contributed by atoms with van der Waals surface area (Å²) >= 11 is 1.03. The minimum Gasteiger partial charge on any atom is -0.477 e. The van der Waals surface area contributed by atoms with Gasteiger partial charge in [-0.1, -0.05) is 31.1 Å². The van der Waals surface area contributed by atoms with E-state index in [1.807, 2.05) is 20.8 Å². The number of hydrogen-bond acceptors (Lipinski definition) is 6. The number of rotatable bonds is 7. The lowest BCUT2D eigenvalue weighted by Gasteiger charge is -2.37. The first-order valence-corrected chi connectivity index (χ1v) is 13.0. The van der Waals surface area contributed by atoms with Gasteiger partial charge in [0.2, 0.25) is 11.8 Å². The molecule has 1 aliphatic carbocycles. The van der Waals surface area contributed by atoms with E-state index in [1.54, 1.807) is 11.0 Å². The van der Waals surface area contributed by atoms with Crippen LogP contribution >= 0.6 is 11.3 Å². The molecule has 9 heteroatoms. The summed E-state index contributed by atoms with van der Waals surface area (Å²) in [4.78, 5) is 43.5. The Morgan fingerprint density at radius 3 is 2.46 bits per heavy atom. The first-order chi connectivity index (χ1) is 16.6. The van der Waals surface area contributed by atoms with Crippen molar-refractivity contribution in [2.45, 2.75) is 58.9 Å². The van der Waals surface area contributed by atoms with Gasteiger partial charge in [-0.25, -0.2) is 4.79 Å². The number of hydrogen-bond donors (Lipinski definition) is 1. The summed E-state index contributed by atoms with van der Waals surface area (Å²) in [5, 5.41) is 10.0. The maximum absolute atomic E-state index is 14.0. The van der Waals surface area contributed by atoms with E-state index >= 15 is 0 Å². The molecule has 1 aromatic rings. The zero-order chi connectivity index (χ0) is 25.6. The molecule has 1 saturated heterocycles. The summed E-state index contributed by atoms with van der Waals surface area (Å²) in [6.45, 7) is 7.57. The Bertz CT molecular complexity index is 974. The van der Waals surface area contributed by atoms with Gasteiger partial charge in [0, 0.05) is 31.5 Å². The molecule has 0 unspecified atom stereocenters. The Balaban J connectivity index is 2.10. The van der Waals surface area contributed by atoms with E-state index in [2.05, 4.69) is 11.8 Å². The number of thiophene rings is 1. The first-order valence-electron chi connectivity index (χ1n) is 12.2. The number of carbonyl (C=O) groups is 3. The van der Waals surface area contributed by atoms with Gasteiger partial charge in [-0.3, -0.25) is 14.5 Å². The lowest BCUT2D eigenvalue weighted by molar-refractivity contribution is -0.140. The molecule has 0 radical (unpaired) electrons. The van der Waals surface area contributed by atoms with Crippen molar-refractivity contribution in [2.24, 2.45) is 11.3 Å². The summed E-state index contributed by atoms with van der Waals surface area (Å²) in [5.41, 5.74) is -0.0457. The van der Waals surface area contributed by atoms with Crippen LogP contribution in [0.2, 0.25) is 0 Å². The second-order valence-corrected chi connectivity index (χ2v) is 11.1. The zero-order valence-corrected chi connectivity index (χ0v) is 21.9. The number of carboxylic acids is 1. The van der Waals surface area contributed by atoms with E-state index < -0.39 is 12.0 Å². The van der Waals surface area contributed by atoms with E-state index in [-0.39, 0.29) is 40.3 Å². The fraction of sp³-hybridized carbons (Fsp3) is 0.654. The number of carboxylic acid groups (broad SMARTS) is 1. The molecule has 1 N–H and O–H groups in total. The Hall–Kier alpha value is -2.41. The van der Waals surface area contributed by atoms with Crippen LogP contribution in [0.15, 0.2) is 6.07 Å². The summed E-state index contributed by atoms with van der Waals surface area (Å²) in [6, 6.07) is 0.673. The number of nitrogens with zero attached hydrogens (tertiary/aromatic N) is 2. The fourth-order valence-electron chi connectivity index (χ4n) is 4.42. The standard InChI is InChI=1S/C26H36N2O6S/c1-26(2,3)11-10-19-16-20(22(35-19)25(31)32)28(23(29)18-8-6-5-7-9-18)21(17-33-4)24(30)27-12-14-34-15-13-27/h16,18,21H,5-9,12-15,17H2,1-4H3,(H,31,32)/t21-/m0/s1. The van der Waals surface area contributed by atoms with Crippen LogP contribution in [0.4, 0.5) is 5.69 Å². The van der Waals surface area contributed by atoms with Crippen molar-refractivity contribution < 1.29 is 29.0 Å². The SMILES string of the molecule is COC[C@@H](C(=O)N1CCOCC1)N(C(=O)C1CCCCC1)c1cc(C#CC(C)(C)C)sc1C(=O)O. The highest BCUT2D eigenvalue weighted by Crippen LogP contribution is 2.36. The van der Waals surface area contributed by atoms with Crippen LogP contribution in [-0.4, -0.2) is 73.9 Å². The van der Waals surface area contributed by atoms with Crippen molar-refractivity contribution in [2.75, 3.05) is 44.9 Å². The average Bonchev–Trinajstić information content (AvgIpc) is 3.27. The highest BCUT2D eigenvalue weighted by Gasteiger charge is 2.40. The number of aromatic carboxylic acids is 1. The molecule has 0 spiro atoms. The lowest BCUT2D eigenvalue weighted by atomic mass is 9.87. The van der Waals surface area contributed by atoms with Crippen LogP contribution < -0.4 is 4.90 Å². The van der Waals surface area contributed by atoms with E-state index in [9.17, 15) is 19.5 Å². The predicted molar refractivity (Wildman–Crippen MR) is 135 cm³/mol. The summed E-state index contributed by atoms with van der Waals surface area (Å²) in [6.07, 6.45) is 4.40. The average molecular weight is 505 g/mol. The van der Waals surface area contributed by atoms with Crippen LogP contribution in [0.1, 0.15) is 67.4 Å². The van der Waals surface area contributed by atoms with Crippen molar-refractivity contribution >= 4 is 34.8 Å². The number of anilines is 1. The maximum atomic E-state index is 14.0. The van der Waals surface area contributed by atoms with Gasteiger partial charge in [0.05, 0.1) is 30.4 Å². The van der Waals surface area contributed by atoms with Crippen molar-refractivity contribution in [3.05, 3.63) is 15.8 Å². The van der Waals surface area contributed by atoms with Gasteiger partial charge < -0.3 is 19.5 Å². The highest BCUT2D eigenvalue weighted by molar-refractivity contribution is 7.15. The van der Waals surface area contributed by atoms with Crippen LogP contribution in [0.3, 0.4) is 0 Å². The van der Waals surface area contributed by atoms with E-state index in [0.29, 0.717) is 31.2 Å². The third-order valence-corrected chi connectivity index (χ3v) is 7.19. The topological polar surface area (TPSA) is 96.4 Å². The second-order valence-electron chi connectivity index (χ2n) is 10.1. The smallest absolute Gasteiger partial charge is 0.348 e. The third kappa shape index (κ3) is 7.06. The minimum atomic E-state index is -1.15. The van der Waals surface area contributed by atoms with E-state index in [1.165, 1.54) is 12.0 Å². The molecular formula is C26H36N2O6S. The number of morpholine rings is 1. The molecule has 0 bridgehead atoms. The Morgan fingerprint density at radius 1 is 1.23 bits per heavy atom. The quantitative estimate of drug-likeness (QED) is 0.570. The number of ether oxygens (including phenoxy) is 2. The molecule has 3 rings (SSSR count). The fourth-order valence-corrected chi connectivity index (χ4v) is 5.26. The van der Waals surface area contributed by atoms with Gasteiger partial charge in [0.15, 0.2) is 0 Å². The molecule has 2 fully saturated rings. The molecule has 35 heavy (non-hydrogen) atoms. The van der Waals surface area contributed by atoms with Gasteiger partial charge in [-0.15, -0.1) is 11.3 Å². The van der Waals surface area contributed by atoms with Crippen LogP contribution in [0, 0.1) is 23.2 Å². The summed E-state index contributed by atoms with van der Waals surface area (Å²) in [5.74, 6) is 4.30. The first kappa shape index (κ1) is 27.2. The number of amides is 2. The minimum absolute atomic E-state index is 0.00301. The van der Waals surface area contributed by atoms with E-state index in [0.717, 1.165) is 43.4 Å². The molecule has 8 nitrogen and oxygen atoms in total. The second kappa shape index (κ2) is 12.0. The van der Waals surface area contributed by atoms with Gasteiger partial charge >= 0.3 is 5.97 Å². The van der Waals surface area contributed by atoms with Gasteiger partial charge in [-0.05, 0) is 39.7 Å². The number of methoxy groups -OCH3 is 1. The van der Waals surface area contributed by atoms with Gasteiger partial charge in [0.1, 0.15) is 10.9 Å². The molecule has 1 aliphatic heterocycles. The largest absolute Gasteiger partial charge is 0.477 e. The van der Waals surface area contributed by atoms with Gasteiger partial charge in [-0.2, -0.15) is 0 Å².